The van der Waals surface area contributed by atoms with Crippen LogP contribution in [0.4, 0.5) is 0 Å². The minimum Gasteiger partial charge on any atom is -0.350 e. The van der Waals surface area contributed by atoms with Gasteiger partial charge in [-0.25, -0.2) is 9.50 Å². The molecule has 7 nitrogen and oxygen atoms in total. The number of carbonyl (C=O) groups excluding carboxylic acids is 1. The fraction of sp³-hybridized carbons (Fsp3) is 0.389. The molecule has 0 aliphatic heterocycles. The van der Waals surface area contributed by atoms with Crippen LogP contribution in [0.15, 0.2) is 24.7 Å². The van der Waals surface area contributed by atoms with Crippen LogP contribution in [0.5, 0.6) is 0 Å². The van der Waals surface area contributed by atoms with Gasteiger partial charge in [-0.15, -0.1) is 0 Å². The van der Waals surface area contributed by atoms with Gasteiger partial charge in [0.2, 0.25) is 5.91 Å². The summed E-state index contributed by atoms with van der Waals surface area (Å²) in [7, 11) is 0. The summed E-state index contributed by atoms with van der Waals surface area (Å²) in [6.07, 6.45) is 4.30. The van der Waals surface area contributed by atoms with Gasteiger partial charge in [0.25, 0.3) is 5.78 Å². The molecule has 0 fully saturated rings. The molecule has 3 aromatic heterocycles. The van der Waals surface area contributed by atoms with Gasteiger partial charge in [-0.05, 0) is 51.3 Å². The molecule has 0 aliphatic rings. The predicted octanol–water partition coefficient (Wildman–Crippen LogP) is 2.25. The van der Waals surface area contributed by atoms with Gasteiger partial charge in [0.1, 0.15) is 6.33 Å². The molecule has 1 N–H and O–H groups in total. The van der Waals surface area contributed by atoms with Crippen LogP contribution in [0.1, 0.15) is 47.6 Å². The molecule has 3 heterocycles. The number of amides is 1. The maximum Gasteiger partial charge on any atom is 0.252 e. The Morgan fingerprint density at radius 2 is 2.04 bits per heavy atom. The second-order valence-corrected chi connectivity index (χ2v) is 6.26. The molecule has 25 heavy (non-hydrogen) atoms. The normalized spacial score (nSPS) is 12.3. The lowest BCUT2D eigenvalue weighted by atomic mass is 10.1. The molecule has 0 unspecified atom stereocenters. The molecule has 3 rings (SSSR count). The van der Waals surface area contributed by atoms with Crippen molar-refractivity contribution in [3.8, 4) is 0 Å². The van der Waals surface area contributed by atoms with Gasteiger partial charge in [-0.2, -0.15) is 10.1 Å². The highest BCUT2D eigenvalue weighted by atomic mass is 16.1. The summed E-state index contributed by atoms with van der Waals surface area (Å²) < 4.78 is 1.71. The van der Waals surface area contributed by atoms with Crippen LogP contribution >= 0.6 is 0 Å². The summed E-state index contributed by atoms with van der Waals surface area (Å²) in [5.41, 5.74) is 4.87. The topological polar surface area (TPSA) is 85.1 Å². The molecule has 0 spiro atoms. The number of pyridine rings is 1. The van der Waals surface area contributed by atoms with Gasteiger partial charge in [-0.1, -0.05) is 6.07 Å². The summed E-state index contributed by atoms with van der Waals surface area (Å²) in [6.45, 7) is 7.82. The number of fused-ring (bicyclic) bond motifs is 1. The molecule has 1 atom stereocenters. The highest BCUT2D eigenvalue weighted by Gasteiger charge is 2.14. The lowest BCUT2D eigenvalue weighted by Gasteiger charge is -2.15. The Morgan fingerprint density at radius 1 is 1.24 bits per heavy atom. The summed E-state index contributed by atoms with van der Waals surface area (Å²) in [5.74, 6) is 0.592. The number of hydrogen-bond donors (Lipinski definition) is 1. The quantitative estimate of drug-likeness (QED) is 0.771. The van der Waals surface area contributed by atoms with Crippen molar-refractivity contribution in [2.24, 2.45) is 0 Å². The Hall–Kier alpha value is -2.83. The third-order valence-electron chi connectivity index (χ3n) is 4.40. The first-order valence-electron chi connectivity index (χ1n) is 8.33. The minimum absolute atomic E-state index is 0.00515. The van der Waals surface area contributed by atoms with E-state index in [4.69, 9.17) is 0 Å². The van der Waals surface area contributed by atoms with Crippen LogP contribution < -0.4 is 5.32 Å². The molecule has 3 aromatic rings. The number of nitrogens with one attached hydrogen (secondary N) is 1. The van der Waals surface area contributed by atoms with E-state index in [-0.39, 0.29) is 11.9 Å². The molecule has 0 aromatic carbocycles. The molecular weight excluding hydrogens is 316 g/mol. The van der Waals surface area contributed by atoms with Crippen molar-refractivity contribution in [2.75, 3.05) is 0 Å². The van der Waals surface area contributed by atoms with Gasteiger partial charge >= 0.3 is 0 Å². The van der Waals surface area contributed by atoms with Gasteiger partial charge in [0, 0.05) is 29.7 Å². The third kappa shape index (κ3) is 3.65. The monoisotopic (exact) mass is 338 g/mol. The van der Waals surface area contributed by atoms with Crippen molar-refractivity contribution < 1.29 is 4.79 Å². The van der Waals surface area contributed by atoms with Crippen molar-refractivity contribution in [3.63, 3.8) is 0 Å². The van der Waals surface area contributed by atoms with E-state index in [9.17, 15) is 4.79 Å². The van der Waals surface area contributed by atoms with Crippen molar-refractivity contribution in [1.29, 1.82) is 0 Å². The van der Waals surface area contributed by atoms with E-state index in [1.807, 2.05) is 39.8 Å². The number of aromatic nitrogens is 5. The van der Waals surface area contributed by atoms with Crippen LogP contribution in [0.25, 0.3) is 5.78 Å². The van der Waals surface area contributed by atoms with Crippen LogP contribution in [-0.2, 0) is 11.2 Å². The standard InChI is InChI=1S/C18H22N6O/c1-11-5-6-15(9-19-11)12(2)22-17(25)8-7-16-13(3)23-18-20-10-21-24(18)14(16)4/h5-6,9-10,12H,7-8H2,1-4H3,(H,22,25)/t12-/m1/s1. The maximum absolute atomic E-state index is 12.3. The molecule has 0 saturated heterocycles. The van der Waals surface area contributed by atoms with Crippen molar-refractivity contribution in [2.45, 2.75) is 46.6 Å². The van der Waals surface area contributed by atoms with Crippen LogP contribution in [0.3, 0.4) is 0 Å². The summed E-state index contributed by atoms with van der Waals surface area (Å²) in [5, 5.41) is 7.20. The van der Waals surface area contributed by atoms with E-state index in [0.717, 1.165) is 28.2 Å². The average molecular weight is 338 g/mol. The van der Waals surface area contributed by atoms with E-state index < -0.39 is 0 Å². The Morgan fingerprint density at radius 3 is 2.76 bits per heavy atom. The second kappa shape index (κ2) is 6.96. The molecule has 0 saturated carbocycles. The number of carbonyl (C=O) groups is 1. The fourth-order valence-corrected chi connectivity index (χ4v) is 2.89. The smallest absolute Gasteiger partial charge is 0.252 e. The fourth-order valence-electron chi connectivity index (χ4n) is 2.89. The first kappa shape index (κ1) is 17.0. The van der Waals surface area contributed by atoms with Crippen LogP contribution in [0, 0.1) is 20.8 Å². The van der Waals surface area contributed by atoms with Gasteiger partial charge in [0.05, 0.1) is 6.04 Å². The largest absolute Gasteiger partial charge is 0.350 e. The molecule has 130 valence electrons. The molecule has 7 heteroatoms. The van der Waals surface area contributed by atoms with Gasteiger partial charge in [-0.3, -0.25) is 9.78 Å². The highest BCUT2D eigenvalue weighted by Crippen LogP contribution is 2.16. The highest BCUT2D eigenvalue weighted by molar-refractivity contribution is 5.76. The minimum atomic E-state index is -0.0706. The van der Waals surface area contributed by atoms with Crippen molar-refractivity contribution in [3.05, 3.63) is 52.9 Å². The van der Waals surface area contributed by atoms with Crippen LogP contribution in [0.2, 0.25) is 0 Å². The summed E-state index contributed by atoms with van der Waals surface area (Å²) in [6, 6.07) is 3.87. The second-order valence-electron chi connectivity index (χ2n) is 6.26. The summed E-state index contributed by atoms with van der Waals surface area (Å²) >= 11 is 0. The van der Waals surface area contributed by atoms with E-state index in [1.54, 1.807) is 10.7 Å². The SMILES string of the molecule is Cc1ccc([C@@H](C)NC(=O)CCc2c(C)nc3ncnn3c2C)cn1. The van der Waals surface area contributed by atoms with Gasteiger partial charge < -0.3 is 5.32 Å². The summed E-state index contributed by atoms with van der Waals surface area (Å²) in [4.78, 5) is 25.1. The zero-order chi connectivity index (χ0) is 18.0. The lowest BCUT2D eigenvalue weighted by Crippen LogP contribution is -2.27. The average Bonchev–Trinajstić information content (AvgIpc) is 3.03. The Balaban J connectivity index is 1.65. The number of hydrogen-bond acceptors (Lipinski definition) is 5. The molecule has 0 bridgehead atoms. The third-order valence-corrected chi connectivity index (χ3v) is 4.40. The maximum atomic E-state index is 12.3. The first-order valence-corrected chi connectivity index (χ1v) is 8.33. The van der Waals surface area contributed by atoms with E-state index in [1.165, 1.54) is 6.33 Å². The number of rotatable bonds is 5. The Bertz CT molecular complexity index is 900. The van der Waals surface area contributed by atoms with E-state index in [2.05, 4.69) is 25.4 Å². The molecule has 1 amide bonds. The number of nitrogens with zero attached hydrogens (tertiary/aromatic N) is 5. The van der Waals surface area contributed by atoms with E-state index >= 15 is 0 Å². The Kier molecular flexibility index (Phi) is 4.74. The van der Waals surface area contributed by atoms with Crippen molar-refractivity contribution >= 4 is 11.7 Å². The van der Waals surface area contributed by atoms with Gasteiger partial charge in [0.15, 0.2) is 0 Å². The zero-order valence-electron chi connectivity index (χ0n) is 14.9. The van der Waals surface area contributed by atoms with E-state index in [0.29, 0.717) is 18.6 Å². The zero-order valence-corrected chi connectivity index (χ0v) is 14.9. The number of aryl methyl sites for hydroxylation is 3. The Labute approximate surface area is 146 Å². The van der Waals surface area contributed by atoms with Crippen molar-refractivity contribution in [1.82, 2.24) is 29.9 Å². The van der Waals surface area contributed by atoms with Crippen LogP contribution in [-0.4, -0.2) is 30.5 Å². The lowest BCUT2D eigenvalue weighted by molar-refractivity contribution is -0.121. The molecule has 0 radical (unpaired) electrons. The molecule has 0 aliphatic carbocycles. The molecular formula is C18H22N6O. The first-order chi connectivity index (χ1) is 12.0. The predicted molar refractivity (Wildman–Crippen MR) is 94.1 cm³/mol.